The van der Waals surface area contributed by atoms with Gasteiger partial charge in [-0.25, -0.2) is 4.79 Å². The zero-order valence-electron chi connectivity index (χ0n) is 11.6. The Hall–Kier alpha value is -1.26. The van der Waals surface area contributed by atoms with E-state index in [9.17, 15) is 9.59 Å². The number of amides is 2. The average molecular weight is 254 g/mol. The Morgan fingerprint density at radius 1 is 1.50 bits per heavy atom. The van der Waals surface area contributed by atoms with Crippen LogP contribution in [0, 0.1) is 0 Å². The lowest BCUT2D eigenvalue weighted by molar-refractivity contribution is -0.136. The molecule has 0 radical (unpaired) electrons. The predicted octanol–water partition coefficient (Wildman–Crippen LogP) is 1.66. The maximum absolute atomic E-state index is 12.1. The van der Waals surface area contributed by atoms with Crippen molar-refractivity contribution in [3.05, 3.63) is 0 Å². The van der Waals surface area contributed by atoms with Crippen molar-refractivity contribution in [1.82, 2.24) is 10.2 Å². The van der Waals surface area contributed by atoms with Crippen molar-refractivity contribution in [1.29, 1.82) is 0 Å². The van der Waals surface area contributed by atoms with E-state index in [1.165, 1.54) is 0 Å². The summed E-state index contributed by atoms with van der Waals surface area (Å²) in [5, 5.41) is 2.94. The number of likely N-dealkylation sites (tertiary alicyclic amines) is 1. The van der Waals surface area contributed by atoms with Crippen LogP contribution in [0.4, 0.5) is 4.79 Å². The van der Waals surface area contributed by atoms with E-state index in [1.54, 1.807) is 4.90 Å². The number of rotatable bonds is 0. The zero-order chi connectivity index (χ0) is 13.6. The van der Waals surface area contributed by atoms with E-state index in [2.05, 4.69) is 5.32 Å². The summed E-state index contributed by atoms with van der Waals surface area (Å²) >= 11 is 0. The third kappa shape index (κ3) is 2.60. The molecular formula is C13H22N2O3. The number of β-lactam (4-membered cyclic amide) rings is 1. The Kier molecular flexibility index (Phi) is 3.03. The topological polar surface area (TPSA) is 58.6 Å². The summed E-state index contributed by atoms with van der Waals surface area (Å²) in [6.45, 7) is 8.17. The Labute approximate surface area is 108 Å². The molecule has 0 aromatic rings. The van der Waals surface area contributed by atoms with Gasteiger partial charge in [-0.05, 0) is 40.5 Å². The standard InChI is InChI=1S/C13H22N2O3/c1-9-5-6-13(7-10(16)14-13)8-15(9)11(17)18-12(2,3)4/h9H,5-8H2,1-4H3,(H,14,16). The number of hydrogen-bond donors (Lipinski definition) is 1. The van der Waals surface area contributed by atoms with Crippen LogP contribution in [-0.2, 0) is 9.53 Å². The first-order chi connectivity index (χ1) is 8.21. The summed E-state index contributed by atoms with van der Waals surface area (Å²) in [6, 6.07) is 0.169. The van der Waals surface area contributed by atoms with Gasteiger partial charge in [0.25, 0.3) is 0 Å². The van der Waals surface area contributed by atoms with E-state index < -0.39 is 5.60 Å². The Morgan fingerprint density at radius 3 is 2.61 bits per heavy atom. The van der Waals surface area contributed by atoms with Crippen LogP contribution in [0.3, 0.4) is 0 Å². The number of nitrogens with zero attached hydrogens (tertiary/aromatic N) is 1. The van der Waals surface area contributed by atoms with E-state index in [4.69, 9.17) is 4.74 Å². The van der Waals surface area contributed by atoms with Gasteiger partial charge in [-0.2, -0.15) is 0 Å². The molecule has 2 fully saturated rings. The summed E-state index contributed by atoms with van der Waals surface area (Å²) in [7, 11) is 0. The van der Waals surface area contributed by atoms with Gasteiger partial charge < -0.3 is 15.0 Å². The first-order valence-electron chi connectivity index (χ1n) is 6.51. The van der Waals surface area contributed by atoms with Crippen molar-refractivity contribution >= 4 is 12.0 Å². The molecule has 2 atom stereocenters. The fourth-order valence-electron chi connectivity index (χ4n) is 2.60. The molecule has 2 aliphatic rings. The van der Waals surface area contributed by atoms with Crippen LogP contribution >= 0.6 is 0 Å². The number of carbonyl (C=O) groups excluding carboxylic acids is 2. The molecule has 2 aliphatic heterocycles. The first kappa shape index (κ1) is 13.2. The van der Waals surface area contributed by atoms with Crippen molar-refractivity contribution in [2.75, 3.05) is 6.54 Å². The number of piperidine rings is 1. The Balaban J connectivity index is 2.02. The minimum absolute atomic E-state index is 0.0775. The van der Waals surface area contributed by atoms with Gasteiger partial charge in [0.15, 0.2) is 0 Å². The van der Waals surface area contributed by atoms with Gasteiger partial charge in [-0.1, -0.05) is 0 Å². The van der Waals surface area contributed by atoms with Crippen LogP contribution in [0.5, 0.6) is 0 Å². The lowest BCUT2D eigenvalue weighted by Gasteiger charge is -2.50. The van der Waals surface area contributed by atoms with Crippen LogP contribution in [0.15, 0.2) is 0 Å². The summed E-state index contributed by atoms with van der Waals surface area (Å²) in [6.07, 6.45) is 2.09. The molecule has 102 valence electrons. The van der Waals surface area contributed by atoms with Crippen LogP contribution < -0.4 is 5.32 Å². The monoisotopic (exact) mass is 254 g/mol. The fraction of sp³-hybridized carbons (Fsp3) is 0.846. The van der Waals surface area contributed by atoms with Crippen molar-refractivity contribution in [3.63, 3.8) is 0 Å². The molecule has 2 saturated heterocycles. The van der Waals surface area contributed by atoms with Crippen molar-refractivity contribution < 1.29 is 14.3 Å². The van der Waals surface area contributed by atoms with Crippen molar-refractivity contribution in [2.24, 2.45) is 0 Å². The molecule has 18 heavy (non-hydrogen) atoms. The molecule has 0 aromatic heterocycles. The molecule has 1 spiro atoms. The van der Waals surface area contributed by atoms with E-state index in [1.807, 2.05) is 27.7 Å². The van der Waals surface area contributed by atoms with Gasteiger partial charge in [-0.15, -0.1) is 0 Å². The van der Waals surface area contributed by atoms with Crippen LogP contribution in [0.25, 0.3) is 0 Å². The smallest absolute Gasteiger partial charge is 0.410 e. The summed E-state index contributed by atoms with van der Waals surface area (Å²) in [5.41, 5.74) is -0.676. The van der Waals surface area contributed by atoms with E-state index in [-0.39, 0.29) is 23.6 Å². The molecular weight excluding hydrogens is 232 g/mol. The van der Waals surface area contributed by atoms with E-state index in [0.717, 1.165) is 12.8 Å². The average Bonchev–Trinajstić information content (AvgIpc) is 2.16. The quantitative estimate of drug-likeness (QED) is 0.669. The van der Waals surface area contributed by atoms with Crippen molar-refractivity contribution in [3.8, 4) is 0 Å². The maximum Gasteiger partial charge on any atom is 0.410 e. The van der Waals surface area contributed by atoms with Gasteiger partial charge in [0.05, 0.1) is 12.0 Å². The fourth-order valence-corrected chi connectivity index (χ4v) is 2.60. The van der Waals surface area contributed by atoms with Gasteiger partial charge >= 0.3 is 6.09 Å². The lowest BCUT2D eigenvalue weighted by Crippen LogP contribution is -2.69. The summed E-state index contributed by atoms with van der Waals surface area (Å²) < 4.78 is 5.41. The third-order valence-corrected chi connectivity index (χ3v) is 3.58. The second-order valence-corrected chi connectivity index (χ2v) is 6.50. The molecule has 5 nitrogen and oxygen atoms in total. The van der Waals surface area contributed by atoms with Crippen LogP contribution in [0.2, 0.25) is 0 Å². The number of nitrogens with one attached hydrogen (secondary N) is 1. The highest BCUT2D eigenvalue weighted by atomic mass is 16.6. The third-order valence-electron chi connectivity index (χ3n) is 3.58. The van der Waals surface area contributed by atoms with Crippen LogP contribution in [0.1, 0.15) is 47.0 Å². The van der Waals surface area contributed by atoms with E-state index >= 15 is 0 Å². The number of ether oxygens (including phenoxy) is 1. The minimum atomic E-state index is -0.482. The molecule has 2 heterocycles. The minimum Gasteiger partial charge on any atom is -0.444 e. The van der Waals surface area contributed by atoms with Gasteiger partial charge in [0.2, 0.25) is 5.91 Å². The second kappa shape index (κ2) is 4.14. The maximum atomic E-state index is 12.1. The lowest BCUT2D eigenvalue weighted by atomic mass is 9.78. The van der Waals surface area contributed by atoms with Crippen molar-refractivity contribution in [2.45, 2.75) is 64.1 Å². The highest BCUT2D eigenvalue weighted by Crippen LogP contribution is 2.33. The molecule has 2 unspecified atom stereocenters. The largest absolute Gasteiger partial charge is 0.444 e. The Bertz CT molecular complexity index is 365. The molecule has 2 rings (SSSR count). The zero-order valence-corrected chi connectivity index (χ0v) is 11.6. The molecule has 0 aliphatic carbocycles. The number of hydrogen-bond acceptors (Lipinski definition) is 3. The van der Waals surface area contributed by atoms with Gasteiger partial charge in [-0.3, -0.25) is 4.79 Å². The second-order valence-electron chi connectivity index (χ2n) is 6.50. The molecule has 0 bridgehead atoms. The SMILES string of the molecule is CC1CCC2(CC(=O)N2)CN1C(=O)OC(C)(C)C. The normalized spacial score (nSPS) is 31.9. The first-order valence-corrected chi connectivity index (χ1v) is 6.51. The van der Waals surface area contributed by atoms with Gasteiger partial charge in [0.1, 0.15) is 5.60 Å². The molecule has 5 heteroatoms. The van der Waals surface area contributed by atoms with Gasteiger partial charge in [0, 0.05) is 12.6 Å². The number of carbonyl (C=O) groups is 2. The molecule has 1 N–H and O–H groups in total. The molecule has 2 amide bonds. The highest BCUT2D eigenvalue weighted by molar-refractivity contribution is 5.85. The summed E-state index contributed by atoms with van der Waals surface area (Å²) in [5.74, 6) is 0.0775. The molecule has 0 saturated carbocycles. The Morgan fingerprint density at radius 2 is 2.11 bits per heavy atom. The predicted molar refractivity (Wildman–Crippen MR) is 67.1 cm³/mol. The highest BCUT2D eigenvalue weighted by Gasteiger charge is 2.48. The van der Waals surface area contributed by atoms with Crippen LogP contribution in [-0.4, -0.2) is 40.6 Å². The van der Waals surface area contributed by atoms with E-state index in [0.29, 0.717) is 13.0 Å². The molecule has 0 aromatic carbocycles. The summed E-state index contributed by atoms with van der Waals surface area (Å²) in [4.78, 5) is 25.0.